The number of ketones is 1. The van der Waals surface area contributed by atoms with Crippen LogP contribution in [-0.4, -0.2) is 12.0 Å². The third-order valence-corrected chi connectivity index (χ3v) is 5.10. The normalized spacial score (nSPS) is 10.5. The number of carbonyl (C=O) groups excluding carboxylic acids is 1. The Kier molecular flexibility index (Phi) is 4.07. The lowest BCUT2D eigenvalue weighted by atomic mass is 10.1. The number of hydrogen-bond acceptors (Lipinski definition) is 3. The van der Waals surface area contributed by atoms with E-state index in [0.717, 1.165) is 24.7 Å². The van der Waals surface area contributed by atoms with Crippen LogP contribution in [-0.2, 0) is 0 Å². The summed E-state index contributed by atoms with van der Waals surface area (Å²) in [5.41, 5.74) is 0.780. The highest BCUT2D eigenvalue weighted by Gasteiger charge is 2.17. The van der Waals surface area contributed by atoms with E-state index < -0.39 is 0 Å². The Hall–Kier alpha value is -0.580. The molecule has 0 aliphatic heterocycles. The van der Waals surface area contributed by atoms with Gasteiger partial charge in [-0.05, 0) is 47.3 Å². The Balaban J connectivity index is 2.47. The first kappa shape index (κ1) is 12.9. The number of carbonyl (C=O) groups is 1. The van der Waals surface area contributed by atoms with E-state index in [0.29, 0.717) is 0 Å². The van der Waals surface area contributed by atoms with Crippen LogP contribution in [0.4, 0.5) is 0 Å². The standard InChI is InChI=1S/C13H11BrOS2/c1-8-7-10(14)13(17-8)12(15)9-5-3-4-6-11(9)16-2/h3-7H,1-2H3. The second-order valence-electron chi connectivity index (χ2n) is 3.56. The van der Waals surface area contributed by atoms with Crippen LogP contribution in [0.15, 0.2) is 39.7 Å². The summed E-state index contributed by atoms with van der Waals surface area (Å²) in [5, 5.41) is 0. The molecule has 17 heavy (non-hydrogen) atoms. The molecule has 88 valence electrons. The van der Waals surface area contributed by atoms with E-state index in [-0.39, 0.29) is 5.78 Å². The number of thiophene rings is 1. The van der Waals surface area contributed by atoms with Gasteiger partial charge in [0.05, 0.1) is 4.88 Å². The Bertz CT molecular complexity index is 560. The molecule has 0 atom stereocenters. The summed E-state index contributed by atoms with van der Waals surface area (Å²) in [4.78, 5) is 15.4. The second-order valence-corrected chi connectivity index (χ2v) is 6.52. The second kappa shape index (κ2) is 5.38. The van der Waals surface area contributed by atoms with Gasteiger partial charge in [0.25, 0.3) is 0 Å². The van der Waals surface area contributed by atoms with Crippen LogP contribution in [0.2, 0.25) is 0 Å². The molecular formula is C13H11BrOS2. The Morgan fingerprint density at radius 3 is 2.65 bits per heavy atom. The molecule has 0 saturated carbocycles. The van der Waals surface area contributed by atoms with Gasteiger partial charge in [-0.15, -0.1) is 23.1 Å². The molecule has 2 rings (SSSR count). The van der Waals surface area contributed by atoms with Gasteiger partial charge in [-0.25, -0.2) is 0 Å². The first-order valence-electron chi connectivity index (χ1n) is 5.07. The highest BCUT2D eigenvalue weighted by atomic mass is 79.9. The average molecular weight is 327 g/mol. The summed E-state index contributed by atoms with van der Waals surface area (Å²) in [5.74, 6) is 0.0972. The molecule has 0 saturated heterocycles. The number of halogens is 1. The van der Waals surface area contributed by atoms with Crippen LogP contribution in [0.25, 0.3) is 0 Å². The van der Waals surface area contributed by atoms with Crippen LogP contribution in [0.3, 0.4) is 0 Å². The predicted molar refractivity (Wildman–Crippen MR) is 78.4 cm³/mol. The third kappa shape index (κ3) is 2.64. The molecule has 0 amide bonds. The van der Waals surface area contributed by atoms with Gasteiger partial charge in [-0.1, -0.05) is 12.1 Å². The molecule has 0 unspecified atom stereocenters. The molecule has 0 bridgehead atoms. The molecule has 0 aliphatic carbocycles. The number of hydrogen-bond donors (Lipinski definition) is 0. The average Bonchev–Trinajstić information content (AvgIpc) is 2.67. The van der Waals surface area contributed by atoms with Crippen molar-refractivity contribution in [2.75, 3.05) is 6.26 Å². The van der Waals surface area contributed by atoms with Gasteiger partial charge in [0.1, 0.15) is 0 Å². The maximum absolute atomic E-state index is 12.4. The molecule has 0 N–H and O–H groups in total. The molecule has 1 heterocycles. The minimum Gasteiger partial charge on any atom is -0.288 e. The Morgan fingerprint density at radius 2 is 2.06 bits per heavy atom. The summed E-state index contributed by atoms with van der Waals surface area (Å²) >= 11 is 6.57. The van der Waals surface area contributed by atoms with Gasteiger partial charge in [-0.2, -0.15) is 0 Å². The van der Waals surface area contributed by atoms with Gasteiger partial charge < -0.3 is 0 Å². The fraction of sp³-hybridized carbons (Fsp3) is 0.154. The van der Waals surface area contributed by atoms with Gasteiger partial charge in [0.15, 0.2) is 0 Å². The van der Waals surface area contributed by atoms with Gasteiger partial charge >= 0.3 is 0 Å². The van der Waals surface area contributed by atoms with Gasteiger partial charge in [0, 0.05) is 19.8 Å². The topological polar surface area (TPSA) is 17.1 Å². The number of benzene rings is 1. The first-order valence-corrected chi connectivity index (χ1v) is 7.90. The van der Waals surface area contributed by atoms with Crippen molar-refractivity contribution in [3.63, 3.8) is 0 Å². The third-order valence-electron chi connectivity index (χ3n) is 2.37. The summed E-state index contributed by atoms with van der Waals surface area (Å²) < 4.78 is 0.890. The zero-order chi connectivity index (χ0) is 12.4. The van der Waals surface area contributed by atoms with Crippen LogP contribution < -0.4 is 0 Å². The molecule has 1 aromatic carbocycles. The molecule has 4 heteroatoms. The number of rotatable bonds is 3. The lowest BCUT2D eigenvalue weighted by molar-refractivity contribution is 0.103. The van der Waals surface area contributed by atoms with Crippen molar-refractivity contribution in [1.82, 2.24) is 0 Å². The van der Waals surface area contributed by atoms with Crippen molar-refractivity contribution >= 4 is 44.8 Å². The highest BCUT2D eigenvalue weighted by molar-refractivity contribution is 9.10. The summed E-state index contributed by atoms with van der Waals surface area (Å²) in [6.45, 7) is 2.01. The smallest absolute Gasteiger partial charge is 0.205 e. The quantitative estimate of drug-likeness (QED) is 0.596. The summed E-state index contributed by atoms with van der Waals surface area (Å²) in [7, 11) is 0. The summed E-state index contributed by atoms with van der Waals surface area (Å²) in [6, 6.07) is 9.71. The van der Waals surface area contributed by atoms with Crippen molar-refractivity contribution in [3.8, 4) is 0 Å². The van der Waals surface area contributed by atoms with Crippen molar-refractivity contribution in [2.45, 2.75) is 11.8 Å². The van der Waals surface area contributed by atoms with Crippen molar-refractivity contribution in [1.29, 1.82) is 0 Å². The van der Waals surface area contributed by atoms with Gasteiger partial charge in [-0.3, -0.25) is 4.79 Å². The van der Waals surface area contributed by atoms with E-state index in [4.69, 9.17) is 0 Å². The lowest BCUT2D eigenvalue weighted by Crippen LogP contribution is -2.01. The molecule has 0 radical (unpaired) electrons. The zero-order valence-electron chi connectivity index (χ0n) is 9.49. The van der Waals surface area contributed by atoms with Crippen LogP contribution in [0.5, 0.6) is 0 Å². The fourth-order valence-corrected chi connectivity index (χ4v) is 3.96. The predicted octanol–water partition coefficient (Wildman–Crippen LogP) is 4.77. The van der Waals surface area contributed by atoms with Crippen molar-refractivity contribution in [2.24, 2.45) is 0 Å². The lowest BCUT2D eigenvalue weighted by Gasteiger charge is -2.04. The van der Waals surface area contributed by atoms with Gasteiger partial charge in [0.2, 0.25) is 5.78 Å². The first-order chi connectivity index (χ1) is 8.13. The molecular weight excluding hydrogens is 316 g/mol. The fourth-order valence-electron chi connectivity index (χ4n) is 1.59. The van der Waals surface area contributed by atoms with Crippen molar-refractivity contribution in [3.05, 3.63) is 50.1 Å². The molecule has 0 spiro atoms. The van der Waals surface area contributed by atoms with E-state index in [2.05, 4.69) is 15.9 Å². The molecule has 0 aliphatic rings. The van der Waals surface area contributed by atoms with Crippen LogP contribution >= 0.6 is 39.0 Å². The van der Waals surface area contributed by atoms with E-state index in [9.17, 15) is 4.79 Å². The zero-order valence-corrected chi connectivity index (χ0v) is 12.7. The van der Waals surface area contributed by atoms with E-state index in [1.54, 1.807) is 11.8 Å². The minimum absolute atomic E-state index is 0.0972. The van der Waals surface area contributed by atoms with Crippen LogP contribution in [0.1, 0.15) is 20.1 Å². The van der Waals surface area contributed by atoms with Crippen molar-refractivity contribution < 1.29 is 4.79 Å². The van der Waals surface area contributed by atoms with E-state index in [1.807, 2.05) is 43.5 Å². The SMILES string of the molecule is CSc1ccccc1C(=O)c1sc(C)cc1Br. The maximum Gasteiger partial charge on any atom is 0.205 e. The number of thioether (sulfide) groups is 1. The highest BCUT2D eigenvalue weighted by Crippen LogP contribution is 2.31. The monoisotopic (exact) mass is 326 g/mol. The van der Waals surface area contributed by atoms with E-state index >= 15 is 0 Å². The molecule has 1 aromatic heterocycles. The molecule has 1 nitrogen and oxygen atoms in total. The maximum atomic E-state index is 12.4. The van der Waals surface area contributed by atoms with Crippen LogP contribution in [0, 0.1) is 6.92 Å². The molecule has 2 aromatic rings. The largest absolute Gasteiger partial charge is 0.288 e. The Morgan fingerprint density at radius 1 is 1.35 bits per heavy atom. The minimum atomic E-state index is 0.0972. The van der Waals surface area contributed by atoms with E-state index in [1.165, 1.54) is 11.3 Å². The number of aryl methyl sites for hydroxylation is 1. The Labute approximate surface area is 117 Å². The summed E-state index contributed by atoms with van der Waals surface area (Å²) in [6.07, 6.45) is 1.99. The molecule has 0 fully saturated rings.